The fourth-order valence-electron chi connectivity index (χ4n) is 7.02. The molecule has 0 aromatic heterocycles. The van der Waals surface area contributed by atoms with Crippen LogP contribution in [0.5, 0.6) is 0 Å². The quantitative estimate of drug-likeness (QED) is 0.232. The number of fused-ring (bicyclic) bond motifs is 8. The molecule has 0 heterocycles. The second-order valence-corrected chi connectivity index (χ2v) is 11.9. The van der Waals surface area contributed by atoms with Crippen molar-refractivity contribution in [3.8, 4) is 33.4 Å². The summed E-state index contributed by atoms with van der Waals surface area (Å²) in [7, 11) is 0. The van der Waals surface area contributed by atoms with Crippen LogP contribution in [0.3, 0.4) is 0 Å². The third-order valence-corrected chi connectivity index (χ3v) is 9.07. The largest absolute Gasteiger partial charge is 0.0620 e. The van der Waals surface area contributed by atoms with E-state index in [2.05, 4.69) is 126 Å². The van der Waals surface area contributed by atoms with Crippen molar-refractivity contribution in [3.63, 3.8) is 0 Å². The number of hydrogen-bond donors (Lipinski definition) is 0. The molecule has 0 fully saturated rings. The second-order valence-electron chi connectivity index (χ2n) is 11.9. The summed E-state index contributed by atoms with van der Waals surface area (Å²) in [4.78, 5) is 0. The molecule has 0 radical (unpaired) electrons. The van der Waals surface area contributed by atoms with Crippen molar-refractivity contribution in [2.45, 2.75) is 52.4 Å². The Bertz CT molecular complexity index is 1740. The molecule has 2 aliphatic rings. The van der Waals surface area contributed by atoms with Gasteiger partial charge in [0.2, 0.25) is 0 Å². The van der Waals surface area contributed by atoms with E-state index in [1.54, 1.807) is 0 Å². The molecule has 5 aromatic carbocycles. The third kappa shape index (κ3) is 2.65. The highest BCUT2D eigenvalue weighted by atomic mass is 14.4. The van der Waals surface area contributed by atoms with Crippen molar-refractivity contribution < 1.29 is 0 Å². The van der Waals surface area contributed by atoms with Gasteiger partial charge in [-0.25, -0.2) is 0 Å². The third-order valence-electron chi connectivity index (χ3n) is 9.07. The van der Waals surface area contributed by atoms with E-state index < -0.39 is 0 Å². The average Bonchev–Trinajstić information content (AvgIpc) is 3.22. The summed E-state index contributed by atoms with van der Waals surface area (Å²) in [5.74, 6) is 0. The molecule has 0 atom stereocenters. The van der Waals surface area contributed by atoms with Crippen molar-refractivity contribution >= 4 is 10.8 Å². The van der Waals surface area contributed by atoms with E-state index in [0.717, 1.165) is 0 Å². The summed E-state index contributed by atoms with van der Waals surface area (Å²) >= 11 is 0. The zero-order valence-corrected chi connectivity index (χ0v) is 22.1. The summed E-state index contributed by atoms with van der Waals surface area (Å²) in [5.41, 5.74) is 16.7. The second kappa shape index (κ2) is 6.98. The molecule has 7 rings (SSSR count). The fourth-order valence-corrected chi connectivity index (χ4v) is 7.02. The van der Waals surface area contributed by atoms with Crippen LogP contribution in [-0.2, 0) is 10.8 Å². The first-order valence-corrected chi connectivity index (χ1v) is 13.1. The summed E-state index contributed by atoms with van der Waals surface area (Å²) in [6.07, 6.45) is 0. The lowest BCUT2D eigenvalue weighted by molar-refractivity contribution is 0.652. The molecule has 0 nitrogen and oxygen atoms in total. The van der Waals surface area contributed by atoms with Crippen molar-refractivity contribution in [2.24, 2.45) is 0 Å². The van der Waals surface area contributed by atoms with Gasteiger partial charge in [0, 0.05) is 10.8 Å². The zero-order chi connectivity index (χ0) is 25.0. The Kier molecular flexibility index (Phi) is 4.19. The lowest BCUT2D eigenvalue weighted by atomic mass is 9.78. The molecule has 0 amide bonds. The van der Waals surface area contributed by atoms with Crippen LogP contribution in [0, 0.1) is 13.8 Å². The van der Waals surface area contributed by atoms with E-state index in [1.165, 1.54) is 77.5 Å². The first kappa shape index (κ1) is 21.6. The Morgan fingerprint density at radius 2 is 1.03 bits per heavy atom. The van der Waals surface area contributed by atoms with Gasteiger partial charge in [-0.2, -0.15) is 0 Å². The molecule has 5 aromatic rings. The van der Waals surface area contributed by atoms with Gasteiger partial charge >= 0.3 is 0 Å². The van der Waals surface area contributed by atoms with E-state index >= 15 is 0 Å². The predicted molar refractivity (Wildman–Crippen MR) is 154 cm³/mol. The fraction of sp³-hybridized carbons (Fsp3) is 0.222. The first-order valence-electron chi connectivity index (χ1n) is 13.1. The summed E-state index contributed by atoms with van der Waals surface area (Å²) in [6.45, 7) is 14.0. The topological polar surface area (TPSA) is 0 Å². The van der Waals surface area contributed by atoms with Crippen LogP contribution in [0.15, 0.2) is 84.9 Å². The van der Waals surface area contributed by atoms with Crippen LogP contribution in [0.1, 0.15) is 61.1 Å². The molecule has 0 aliphatic heterocycles. The molecular formula is C36H32. The molecule has 176 valence electrons. The van der Waals surface area contributed by atoms with Gasteiger partial charge in [0.15, 0.2) is 0 Å². The lowest BCUT2D eigenvalue weighted by Crippen LogP contribution is -2.17. The van der Waals surface area contributed by atoms with Gasteiger partial charge in [0.25, 0.3) is 0 Å². The highest BCUT2D eigenvalue weighted by Gasteiger charge is 2.42. The zero-order valence-electron chi connectivity index (χ0n) is 22.1. The smallest absolute Gasteiger partial charge is 0.0159 e. The maximum absolute atomic E-state index is 2.54. The van der Waals surface area contributed by atoms with Crippen LogP contribution in [0.4, 0.5) is 0 Å². The Hall–Kier alpha value is -3.64. The Morgan fingerprint density at radius 3 is 1.81 bits per heavy atom. The molecule has 0 bridgehead atoms. The SMILES string of the molecule is Cc1ccc2c(c1)C(C)(C)c1cc3c(cc1-2)C(C)(C)c1cc(-c2ccccc2C)c2ccccc2c1-3. The molecule has 2 aliphatic carbocycles. The van der Waals surface area contributed by atoms with Gasteiger partial charge in [-0.15, -0.1) is 0 Å². The summed E-state index contributed by atoms with van der Waals surface area (Å²) < 4.78 is 0. The van der Waals surface area contributed by atoms with E-state index in [-0.39, 0.29) is 10.8 Å². The maximum Gasteiger partial charge on any atom is 0.0159 e. The average molecular weight is 465 g/mol. The first-order chi connectivity index (χ1) is 17.2. The van der Waals surface area contributed by atoms with Crippen LogP contribution < -0.4 is 0 Å². The van der Waals surface area contributed by atoms with Crippen molar-refractivity contribution in [3.05, 3.63) is 118 Å². The highest BCUT2D eigenvalue weighted by molar-refractivity contribution is 6.09. The maximum atomic E-state index is 2.54. The van der Waals surface area contributed by atoms with Crippen molar-refractivity contribution in [2.75, 3.05) is 0 Å². The van der Waals surface area contributed by atoms with Gasteiger partial charge in [0.05, 0.1) is 0 Å². The number of benzene rings is 5. The summed E-state index contributed by atoms with van der Waals surface area (Å²) in [5, 5.41) is 2.71. The van der Waals surface area contributed by atoms with Gasteiger partial charge in [-0.1, -0.05) is 100.0 Å². The van der Waals surface area contributed by atoms with Gasteiger partial charge in [-0.05, 0) is 104 Å². The molecular weight excluding hydrogens is 432 g/mol. The number of aryl methyl sites for hydroxylation is 2. The van der Waals surface area contributed by atoms with Crippen molar-refractivity contribution in [1.29, 1.82) is 0 Å². The Balaban J connectivity index is 1.57. The van der Waals surface area contributed by atoms with Crippen LogP contribution in [0.25, 0.3) is 44.2 Å². The minimum Gasteiger partial charge on any atom is -0.0620 e. The standard InChI is InChI=1S/C36H32/c1-21-15-16-25-28-19-32-29(20-31(28)35(3,4)30(25)17-21)34-26-14-10-9-13-24(26)27(18-33(34)36(32,5)6)23-12-8-7-11-22(23)2/h7-20H,1-6H3. The monoisotopic (exact) mass is 464 g/mol. The molecule has 0 unspecified atom stereocenters. The molecule has 0 spiro atoms. The van der Waals surface area contributed by atoms with E-state index in [4.69, 9.17) is 0 Å². The van der Waals surface area contributed by atoms with E-state index in [9.17, 15) is 0 Å². The Labute approximate surface area is 214 Å². The lowest BCUT2D eigenvalue weighted by Gasteiger charge is -2.24. The van der Waals surface area contributed by atoms with E-state index in [1.807, 2.05) is 0 Å². The Morgan fingerprint density at radius 1 is 0.444 bits per heavy atom. The van der Waals surface area contributed by atoms with Gasteiger partial charge in [0.1, 0.15) is 0 Å². The number of rotatable bonds is 1. The molecule has 0 N–H and O–H groups in total. The molecule has 0 saturated heterocycles. The van der Waals surface area contributed by atoms with Crippen LogP contribution in [-0.4, -0.2) is 0 Å². The molecule has 36 heavy (non-hydrogen) atoms. The van der Waals surface area contributed by atoms with Gasteiger partial charge in [-0.3, -0.25) is 0 Å². The van der Waals surface area contributed by atoms with Crippen LogP contribution >= 0.6 is 0 Å². The molecule has 0 saturated carbocycles. The summed E-state index contributed by atoms with van der Waals surface area (Å²) in [6, 6.07) is 32.4. The van der Waals surface area contributed by atoms with Gasteiger partial charge < -0.3 is 0 Å². The minimum absolute atomic E-state index is 0.00446. The highest BCUT2D eigenvalue weighted by Crippen LogP contribution is 2.58. The van der Waals surface area contributed by atoms with E-state index in [0.29, 0.717) is 0 Å². The normalized spacial score (nSPS) is 15.9. The minimum atomic E-state index is -0.0707. The predicted octanol–water partition coefficient (Wildman–Crippen LogP) is 9.74. The molecule has 0 heteroatoms. The van der Waals surface area contributed by atoms with Crippen molar-refractivity contribution in [1.82, 2.24) is 0 Å². The number of hydrogen-bond acceptors (Lipinski definition) is 0. The van der Waals surface area contributed by atoms with Crippen LogP contribution in [0.2, 0.25) is 0 Å².